The van der Waals surface area contributed by atoms with Crippen LogP contribution in [0, 0.1) is 0 Å². The maximum Gasteiger partial charge on any atom is 0.237 e. The Kier molecular flexibility index (Phi) is 11.2. The minimum Gasteiger partial charge on any atom is -0.309 e. The molecule has 0 N–H and O–H groups in total. The van der Waals surface area contributed by atoms with Crippen LogP contribution in [-0.4, -0.2) is 37.8 Å². The van der Waals surface area contributed by atoms with Crippen molar-refractivity contribution in [2.45, 2.75) is 0 Å². The molecule has 0 unspecified atom stereocenters. The predicted octanol–water partition coefficient (Wildman–Crippen LogP) is 20.9. The van der Waals surface area contributed by atoms with Crippen molar-refractivity contribution in [3.8, 4) is 73.7 Å². The third-order valence-corrected chi connectivity index (χ3v) is 18.5. The summed E-state index contributed by atoms with van der Waals surface area (Å²) in [6.45, 7) is 0. The molecular weight excluding hydrogens is 1110 g/mol. The summed E-state index contributed by atoms with van der Waals surface area (Å²) in [5, 5.41) is 9.37. The molecule has 6 aromatic heterocycles. The predicted molar refractivity (Wildman–Crippen MR) is 376 cm³/mol. The second kappa shape index (κ2) is 20.1. The van der Waals surface area contributed by atoms with Gasteiger partial charge in [-0.05, 0) is 144 Å². The van der Waals surface area contributed by atoms with Gasteiger partial charge in [0.05, 0.1) is 60.9 Å². The largest absolute Gasteiger partial charge is 0.309 e. The van der Waals surface area contributed by atoms with Gasteiger partial charge in [-0.2, -0.15) is 4.98 Å². The number of benzene rings is 13. The molecule has 0 amide bonds. The van der Waals surface area contributed by atoms with Crippen LogP contribution in [0.25, 0.3) is 172 Å². The van der Waals surface area contributed by atoms with Gasteiger partial charge >= 0.3 is 0 Å². The van der Waals surface area contributed by atoms with E-state index in [1.165, 1.54) is 43.6 Å². The highest BCUT2D eigenvalue weighted by Crippen LogP contribution is 2.42. The summed E-state index contributed by atoms with van der Waals surface area (Å²) in [4.78, 5) is 16.8. The van der Waals surface area contributed by atoms with E-state index in [9.17, 15) is 0 Å². The van der Waals surface area contributed by atoms with Crippen LogP contribution in [-0.2, 0) is 0 Å². The van der Waals surface area contributed by atoms with Crippen LogP contribution in [0.5, 0.6) is 0 Å². The minimum atomic E-state index is 0.562. The van der Waals surface area contributed by atoms with Crippen LogP contribution in [0.3, 0.4) is 0 Å². The molecule has 8 heteroatoms. The van der Waals surface area contributed by atoms with Crippen LogP contribution in [0.2, 0.25) is 0 Å². The van der Waals surface area contributed by atoms with Gasteiger partial charge in [-0.1, -0.05) is 188 Å². The Balaban J connectivity index is 0.808. The zero-order valence-corrected chi connectivity index (χ0v) is 49.1. The SMILES string of the molecule is c1ccc(-c2nc3cc(-c4cc(-n5c6ccccc6c6cc(-c7ccc8c(c7)c7ccccc7n8-c7ccccc7)ccc65)nc(-n5c6ccccc6c6cc(-c7ccc8c(c7)c7ccccc7n8-c7ccccc7)ccc65)n4)ccc3n2-c2ccccc2)cc1. The molecule has 0 saturated heterocycles. The Bertz CT molecular complexity index is 5830. The molecule has 0 fully saturated rings. The molecular formula is C83H52N8. The first-order chi connectivity index (χ1) is 45.1. The molecule has 424 valence electrons. The van der Waals surface area contributed by atoms with Gasteiger partial charge in [-0.25, -0.2) is 9.97 Å². The van der Waals surface area contributed by atoms with Crippen molar-refractivity contribution in [1.82, 2.24) is 37.8 Å². The van der Waals surface area contributed by atoms with E-state index in [4.69, 9.17) is 15.0 Å². The number of aromatic nitrogens is 8. The van der Waals surface area contributed by atoms with E-state index < -0.39 is 0 Å². The van der Waals surface area contributed by atoms with Gasteiger partial charge in [-0.15, -0.1) is 0 Å². The summed E-state index contributed by atoms with van der Waals surface area (Å²) >= 11 is 0. The van der Waals surface area contributed by atoms with Crippen molar-refractivity contribution in [3.63, 3.8) is 0 Å². The molecule has 0 saturated carbocycles. The number of rotatable bonds is 9. The first-order valence-corrected chi connectivity index (χ1v) is 30.9. The fourth-order valence-corrected chi connectivity index (χ4v) is 14.4. The average Bonchev–Trinajstić information content (AvgIpc) is 1.65. The van der Waals surface area contributed by atoms with E-state index in [-0.39, 0.29) is 0 Å². The zero-order chi connectivity index (χ0) is 59.7. The van der Waals surface area contributed by atoms with Crippen molar-refractivity contribution in [3.05, 3.63) is 315 Å². The van der Waals surface area contributed by atoms with E-state index in [2.05, 4.69) is 332 Å². The highest BCUT2D eigenvalue weighted by molar-refractivity contribution is 6.15. The molecule has 0 spiro atoms. The van der Waals surface area contributed by atoms with E-state index >= 15 is 0 Å². The van der Waals surface area contributed by atoms with Crippen LogP contribution < -0.4 is 0 Å². The minimum absolute atomic E-state index is 0.562. The fourth-order valence-electron chi connectivity index (χ4n) is 14.4. The van der Waals surface area contributed by atoms with E-state index in [1.54, 1.807) is 0 Å². The molecule has 19 aromatic rings. The summed E-state index contributed by atoms with van der Waals surface area (Å²) in [5.41, 5.74) is 21.3. The lowest BCUT2D eigenvalue weighted by atomic mass is 10.0. The van der Waals surface area contributed by atoms with Crippen LogP contribution >= 0.6 is 0 Å². The Morgan fingerprint density at radius 2 is 0.538 bits per heavy atom. The molecule has 0 bridgehead atoms. The van der Waals surface area contributed by atoms with Gasteiger partial charge in [0, 0.05) is 77.3 Å². The number of fused-ring (bicyclic) bond motifs is 13. The molecule has 0 atom stereocenters. The summed E-state index contributed by atoms with van der Waals surface area (Å²) in [7, 11) is 0. The van der Waals surface area contributed by atoms with Gasteiger partial charge in [0.2, 0.25) is 5.95 Å². The number of nitrogens with zero attached hydrogens (tertiary/aromatic N) is 8. The molecule has 91 heavy (non-hydrogen) atoms. The highest BCUT2D eigenvalue weighted by atomic mass is 15.2. The van der Waals surface area contributed by atoms with E-state index in [0.717, 1.165) is 122 Å². The Hall–Kier alpha value is -12.4. The maximum atomic E-state index is 5.74. The number of para-hydroxylation sites is 7. The topological polar surface area (TPSA) is 63.3 Å². The molecule has 13 aromatic carbocycles. The van der Waals surface area contributed by atoms with Crippen molar-refractivity contribution >= 4 is 98.3 Å². The summed E-state index contributed by atoms with van der Waals surface area (Å²) in [6, 6.07) is 113. The Morgan fingerprint density at radius 3 is 1.00 bits per heavy atom. The summed E-state index contributed by atoms with van der Waals surface area (Å²) in [6.07, 6.45) is 0. The number of hydrogen-bond acceptors (Lipinski definition) is 3. The van der Waals surface area contributed by atoms with Gasteiger partial charge in [-0.3, -0.25) is 13.7 Å². The van der Waals surface area contributed by atoms with Gasteiger partial charge in [0.1, 0.15) is 11.6 Å². The van der Waals surface area contributed by atoms with Crippen molar-refractivity contribution in [2.75, 3.05) is 0 Å². The molecule has 0 radical (unpaired) electrons. The van der Waals surface area contributed by atoms with Crippen LogP contribution in [0.1, 0.15) is 0 Å². The number of imidazole rings is 1. The molecule has 0 aliphatic rings. The van der Waals surface area contributed by atoms with Crippen LogP contribution in [0.4, 0.5) is 0 Å². The van der Waals surface area contributed by atoms with Crippen molar-refractivity contribution in [1.29, 1.82) is 0 Å². The monoisotopic (exact) mass is 1160 g/mol. The molecule has 6 heterocycles. The van der Waals surface area contributed by atoms with Crippen molar-refractivity contribution < 1.29 is 0 Å². The molecule has 19 rings (SSSR count). The Labute approximate surface area is 522 Å². The van der Waals surface area contributed by atoms with Crippen molar-refractivity contribution in [2.24, 2.45) is 0 Å². The smallest absolute Gasteiger partial charge is 0.237 e. The normalized spacial score (nSPS) is 12.0. The van der Waals surface area contributed by atoms with Gasteiger partial charge < -0.3 is 9.13 Å². The lowest BCUT2D eigenvalue weighted by Gasteiger charge is -2.14. The molecule has 0 aliphatic carbocycles. The Morgan fingerprint density at radius 1 is 0.198 bits per heavy atom. The second-order valence-corrected chi connectivity index (χ2v) is 23.6. The second-order valence-electron chi connectivity index (χ2n) is 23.6. The maximum absolute atomic E-state index is 5.74. The summed E-state index contributed by atoms with van der Waals surface area (Å²) in [5.74, 6) is 2.18. The third-order valence-electron chi connectivity index (χ3n) is 18.5. The highest BCUT2D eigenvalue weighted by Gasteiger charge is 2.24. The first-order valence-electron chi connectivity index (χ1n) is 30.9. The molecule has 8 nitrogen and oxygen atoms in total. The zero-order valence-electron chi connectivity index (χ0n) is 49.1. The van der Waals surface area contributed by atoms with Gasteiger partial charge in [0.25, 0.3) is 0 Å². The fraction of sp³-hybridized carbons (Fsp3) is 0. The van der Waals surface area contributed by atoms with Crippen LogP contribution in [0.15, 0.2) is 315 Å². The standard InChI is InChI=1S/C83H52N8/c1-5-21-53(22-6-1)82-84-71-51-58(41-46-80(71)89(82)61-27-11-4-12-28-61)70-52-81(90-74-35-19-15-31-64(74)68-49-56(39-44-78(68)90)54-37-42-76-66(47-54)62-29-13-17-33-72(62)87(76)59-23-7-2-8-24-59)86-83(85-70)91-75-36-20-16-32-65(75)69-50-57(40-45-79(69)91)55-38-43-77-67(48-55)63-30-14-18-34-73(63)88(77)60-25-9-3-10-26-60/h1-52H. The number of hydrogen-bond donors (Lipinski definition) is 0. The van der Waals surface area contributed by atoms with Gasteiger partial charge in [0.15, 0.2) is 0 Å². The van der Waals surface area contributed by atoms with E-state index in [1.807, 2.05) is 6.07 Å². The lowest BCUT2D eigenvalue weighted by molar-refractivity contribution is 0.952. The quantitative estimate of drug-likeness (QED) is 0.145. The molecule has 0 aliphatic heterocycles. The lowest BCUT2D eigenvalue weighted by Crippen LogP contribution is -2.07. The first kappa shape index (κ1) is 50.7. The average molecular weight is 1160 g/mol. The third kappa shape index (κ3) is 7.93. The van der Waals surface area contributed by atoms with E-state index in [0.29, 0.717) is 5.95 Å². The summed E-state index contributed by atoms with van der Waals surface area (Å²) < 4.78 is 11.6.